The summed E-state index contributed by atoms with van der Waals surface area (Å²) in [5.41, 5.74) is 4.59. The first-order valence-corrected chi connectivity index (χ1v) is 8.30. The van der Waals surface area contributed by atoms with Crippen molar-refractivity contribution in [2.24, 2.45) is 5.41 Å². The van der Waals surface area contributed by atoms with E-state index in [1.807, 2.05) is 18.2 Å². The van der Waals surface area contributed by atoms with Crippen LogP contribution in [0, 0.1) is 12.3 Å². The zero-order chi connectivity index (χ0) is 15.4. The molecule has 1 unspecified atom stereocenters. The molecule has 0 bridgehead atoms. The Labute approximate surface area is 138 Å². The number of nitrogens with zero attached hydrogens (tertiary/aromatic N) is 1. The number of aliphatic hydroxyl groups excluding tert-OH is 1. The van der Waals surface area contributed by atoms with Gasteiger partial charge in [-0.2, -0.15) is 0 Å². The number of halogens is 2. The molecule has 1 aliphatic carbocycles. The Morgan fingerprint density at radius 2 is 2.05 bits per heavy atom. The van der Waals surface area contributed by atoms with E-state index in [1.54, 1.807) is 0 Å². The molecule has 1 aliphatic rings. The van der Waals surface area contributed by atoms with Crippen LogP contribution in [-0.2, 0) is 6.42 Å². The summed E-state index contributed by atoms with van der Waals surface area (Å²) >= 11 is 9.66. The highest BCUT2D eigenvalue weighted by Gasteiger charge is 2.34. The zero-order valence-electron chi connectivity index (χ0n) is 12.5. The molecule has 112 valence electrons. The SMILES string of the molecule is Cc1cc2c(n1-c1ccc(Cl)cc1Br)CC(C)(C)CC2O. The number of hydrogen-bond acceptors (Lipinski definition) is 1. The Balaban J connectivity index is 2.21. The summed E-state index contributed by atoms with van der Waals surface area (Å²) in [5.74, 6) is 0. The second-order valence-electron chi connectivity index (χ2n) is 6.68. The normalized spacial score (nSPS) is 20.4. The maximum Gasteiger partial charge on any atom is 0.0812 e. The van der Waals surface area contributed by atoms with E-state index in [0.29, 0.717) is 5.02 Å². The molecule has 0 fully saturated rings. The molecule has 0 spiro atoms. The van der Waals surface area contributed by atoms with Gasteiger partial charge in [0.15, 0.2) is 0 Å². The third kappa shape index (κ3) is 2.67. The Morgan fingerprint density at radius 1 is 1.33 bits per heavy atom. The van der Waals surface area contributed by atoms with E-state index in [0.717, 1.165) is 34.3 Å². The predicted octanol–water partition coefficient (Wildman–Crippen LogP) is 5.21. The van der Waals surface area contributed by atoms with Gasteiger partial charge in [0.05, 0.1) is 11.8 Å². The summed E-state index contributed by atoms with van der Waals surface area (Å²) in [7, 11) is 0. The van der Waals surface area contributed by atoms with Crippen LogP contribution < -0.4 is 0 Å². The van der Waals surface area contributed by atoms with Crippen LogP contribution in [-0.4, -0.2) is 9.67 Å². The Morgan fingerprint density at radius 3 is 2.71 bits per heavy atom. The number of aliphatic hydroxyl groups is 1. The maximum atomic E-state index is 10.4. The molecule has 0 saturated carbocycles. The van der Waals surface area contributed by atoms with Crippen molar-refractivity contribution in [1.29, 1.82) is 0 Å². The van der Waals surface area contributed by atoms with E-state index in [4.69, 9.17) is 11.6 Å². The van der Waals surface area contributed by atoms with Crippen LogP contribution in [0.2, 0.25) is 5.02 Å². The summed E-state index contributed by atoms with van der Waals surface area (Å²) in [6.45, 7) is 6.50. The molecule has 0 radical (unpaired) electrons. The molecule has 1 N–H and O–H groups in total. The molecule has 3 rings (SSSR count). The molecule has 1 atom stereocenters. The average Bonchev–Trinajstić information content (AvgIpc) is 2.65. The van der Waals surface area contributed by atoms with Gasteiger partial charge in [-0.1, -0.05) is 25.4 Å². The second-order valence-corrected chi connectivity index (χ2v) is 7.97. The predicted molar refractivity (Wildman–Crippen MR) is 90.3 cm³/mol. The summed E-state index contributed by atoms with van der Waals surface area (Å²) in [6.07, 6.45) is 1.39. The van der Waals surface area contributed by atoms with Crippen LogP contribution in [0.25, 0.3) is 5.69 Å². The van der Waals surface area contributed by atoms with E-state index in [-0.39, 0.29) is 11.5 Å². The molecular weight excluding hydrogens is 350 g/mol. The van der Waals surface area contributed by atoms with Crippen LogP contribution in [0.15, 0.2) is 28.7 Å². The minimum Gasteiger partial charge on any atom is -0.388 e. The van der Waals surface area contributed by atoms with E-state index in [2.05, 4.69) is 47.3 Å². The third-order valence-corrected chi connectivity index (χ3v) is 5.09. The quantitative estimate of drug-likeness (QED) is 0.734. The van der Waals surface area contributed by atoms with Crippen LogP contribution in [0.1, 0.15) is 43.3 Å². The highest BCUT2D eigenvalue weighted by molar-refractivity contribution is 9.10. The topological polar surface area (TPSA) is 25.2 Å². The highest BCUT2D eigenvalue weighted by Crippen LogP contribution is 2.43. The largest absolute Gasteiger partial charge is 0.388 e. The lowest BCUT2D eigenvalue weighted by atomic mass is 9.75. The van der Waals surface area contributed by atoms with Crippen molar-refractivity contribution in [1.82, 2.24) is 4.57 Å². The van der Waals surface area contributed by atoms with Crippen LogP contribution in [0.3, 0.4) is 0 Å². The number of aryl methyl sites for hydroxylation is 1. The standard InChI is InChI=1S/C17H19BrClNO/c1-10-6-12-15(8-17(2,3)9-16(12)21)20(10)14-5-4-11(19)7-13(14)18/h4-7,16,21H,8-9H2,1-3H3. The lowest BCUT2D eigenvalue weighted by Gasteiger charge is -2.34. The minimum absolute atomic E-state index is 0.105. The van der Waals surface area contributed by atoms with Gasteiger partial charge in [-0.05, 0) is 65.4 Å². The number of hydrogen-bond donors (Lipinski definition) is 1. The maximum absolute atomic E-state index is 10.4. The Hall–Kier alpha value is -0.770. The summed E-state index contributed by atoms with van der Waals surface area (Å²) in [6, 6.07) is 7.94. The minimum atomic E-state index is -0.380. The van der Waals surface area contributed by atoms with Gasteiger partial charge in [0.1, 0.15) is 0 Å². The fourth-order valence-corrected chi connectivity index (χ4v) is 4.20. The summed E-state index contributed by atoms with van der Waals surface area (Å²) < 4.78 is 3.20. The number of fused-ring (bicyclic) bond motifs is 1. The van der Waals surface area contributed by atoms with Gasteiger partial charge in [0.2, 0.25) is 0 Å². The number of benzene rings is 1. The van der Waals surface area contributed by atoms with Crippen LogP contribution in [0.4, 0.5) is 0 Å². The van der Waals surface area contributed by atoms with Crippen LogP contribution in [0.5, 0.6) is 0 Å². The van der Waals surface area contributed by atoms with Gasteiger partial charge < -0.3 is 9.67 Å². The van der Waals surface area contributed by atoms with Crippen molar-refractivity contribution >= 4 is 27.5 Å². The van der Waals surface area contributed by atoms with Crippen molar-refractivity contribution in [3.8, 4) is 5.69 Å². The second kappa shape index (κ2) is 5.15. The van der Waals surface area contributed by atoms with Crippen molar-refractivity contribution in [2.75, 3.05) is 0 Å². The average molecular weight is 369 g/mol. The Bertz CT molecular complexity index is 705. The van der Waals surface area contributed by atoms with Gasteiger partial charge >= 0.3 is 0 Å². The van der Waals surface area contributed by atoms with Gasteiger partial charge in [0.25, 0.3) is 0 Å². The Kier molecular flexibility index (Phi) is 3.71. The van der Waals surface area contributed by atoms with E-state index >= 15 is 0 Å². The molecule has 1 aromatic carbocycles. The first-order chi connectivity index (χ1) is 9.78. The van der Waals surface area contributed by atoms with Gasteiger partial charge in [-0.15, -0.1) is 0 Å². The molecule has 2 aromatic rings. The molecule has 2 nitrogen and oxygen atoms in total. The summed E-state index contributed by atoms with van der Waals surface area (Å²) in [4.78, 5) is 0. The van der Waals surface area contributed by atoms with Gasteiger partial charge in [0, 0.05) is 26.4 Å². The lowest BCUT2D eigenvalue weighted by Crippen LogP contribution is -2.26. The van der Waals surface area contributed by atoms with Crippen molar-refractivity contribution in [3.63, 3.8) is 0 Å². The van der Waals surface area contributed by atoms with Crippen LogP contribution >= 0.6 is 27.5 Å². The summed E-state index contributed by atoms with van der Waals surface area (Å²) in [5, 5.41) is 11.2. The zero-order valence-corrected chi connectivity index (χ0v) is 14.8. The van der Waals surface area contributed by atoms with E-state index in [1.165, 1.54) is 5.69 Å². The molecule has 1 aromatic heterocycles. The van der Waals surface area contributed by atoms with Crippen molar-refractivity contribution in [3.05, 3.63) is 50.7 Å². The molecular formula is C17H19BrClNO. The third-order valence-electron chi connectivity index (χ3n) is 4.22. The first-order valence-electron chi connectivity index (χ1n) is 7.13. The molecule has 4 heteroatoms. The molecule has 0 aliphatic heterocycles. The molecule has 21 heavy (non-hydrogen) atoms. The lowest BCUT2D eigenvalue weighted by molar-refractivity contribution is 0.0987. The fourth-order valence-electron chi connectivity index (χ4n) is 3.34. The van der Waals surface area contributed by atoms with E-state index < -0.39 is 0 Å². The molecule has 0 amide bonds. The smallest absolute Gasteiger partial charge is 0.0812 e. The number of rotatable bonds is 1. The van der Waals surface area contributed by atoms with Gasteiger partial charge in [-0.25, -0.2) is 0 Å². The number of aromatic nitrogens is 1. The molecule has 1 heterocycles. The van der Waals surface area contributed by atoms with E-state index in [9.17, 15) is 5.11 Å². The monoisotopic (exact) mass is 367 g/mol. The fraction of sp³-hybridized carbons (Fsp3) is 0.412. The highest BCUT2D eigenvalue weighted by atomic mass is 79.9. The van der Waals surface area contributed by atoms with Crippen molar-refractivity contribution in [2.45, 2.75) is 39.7 Å². The first kappa shape index (κ1) is 15.1. The molecule has 0 saturated heterocycles. The van der Waals surface area contributed by atoms with Crippen molar-refractivity contribution < 1.29 is 5.11 Å². The van der Waals surface area contributed by atoms with Gasteiger partial charge in [-0.3, -0.25) is 0 Å².